The number of carboxylic acids is 1. The van der Waals surface area contributed by atoms with Crippen molar-refractivity contribution in [3.05, 3.63) is 47.4 Å². The Morgan fingerprint density at radius 3 is 2.76 bits per heavy atom. The highest BCUT2D eigenvalue weighted by atomic mass is 16.4. The molecule has 0 saturated carbocycles. The summed E-state index contributed by atoms with van der Waals surface area (Å²) in [5, 5.41) is 9.14. The van der Waals surface area contributed by atoms with Gasteiger partial charge in [-0.1, -0.05) is 0 Å². The molecule has 108 valence electrons. The van der Waals surface area contributed by atoms with E-state index in [1.165, 1.54) is 0 Å². The van der Waals surface area contributed by atoms with Gasteiger partial charge in [-0.05, 0) is 39.0 Å². The van der Waals surface area contributed by atoms with Gasteiger partial charge in [-0.2, -0.15) is 0 Å². The van der Waals surface area contributed by atoms with Crippen LogP contribution in [-0.2, 0) is 0 Å². The molecule has 0 bridgehead atoms. The van der Waals surface area contributed by atoms with Gasteiger partial charge in [-0.3, -0.25) is 0 Å². The number of benzene rings is 1. The maximum atomic E-state index is 11.1. The summed E-state index contributed by atoms with van der Waals surface area (Å²) in [5.74, 6) is 1.15. The molecule has 0 aliphatic carbocycles. The van der Waals surface area contributed by atoms with Crippen LogP contribution in [0.15, 0.2) is 28.8 Å². The Kier molecular flexibility index (Phi) is 3.01. The summed E-state index contributed by atoms with van der Waals surface area (Å²) >= 11 is 0. The average molecular weight is 285 g/mol. The fourth-order valence-corrected chi connectivity index (χ4v) is 2.51. The summed E-state index contributed by atoms with van der Waals surface area (Å²) in [6.07, 6.45) is 1.67. The Hall–Kier alpha value is -2.63. The van der Waals surface area contributed by atoms with Crippen molar-refractivity contribution in [3.8, 4) is 0 Å². The number of carboxylic acid groups (broad SMARTS) is 1. The van der Waals surface area contributed by atoms with E-state index in [0.29, 0.717) is 5.89 Å². The minimum atomic E-state index is -0.957. The summed E-state index contributed by atoms with van der Waals surface area (Å²) in [6.45, 7) is 5.67. The molecule has 6 heteroatoms. The van der Waals surface area contributed by atoms with E-state index in [1.54, 1.807) is 24.4 Å². The van der Waals surface area contributed by atoms with E-state index < -0.39 is 5.97 Å². The molecule has 1 N–H and O–H groups in total. The maximum Gasteiger partial charge on any atom is 0.335 e. The second kappa shape index (κ2) is 4.73. The van der Waals surface area contributed by atoms with E-state index in [0.717, 1.165) is 22.6 Å². The molecule has 0 spiro atoms. The largest absolute Gasteiger partial charge is 0.478 e. The minimum Gasteiger partial charge on any atom is -0.478 e. The lowest BCUT2D eigenvalue weighted by molar-refractivity contribution is 0.0697. The van der Waals surface area contributed by atoms with E-state index in [-0.39, 0.29) is 11.6 Å². The number of nitrogens with zero attached hydrogens (tertiary/aromatic N) is 3. The van der Waals surface area contributed by atoms with Gasteiger partial charge in [-0.25, -0.2) is 14.8 Å². The zero-order valence-corrected chi connectivity index (χ0v) is 12.0. The lowest BCUT2D eigenvalue weighted by atomic mass is 10.2. The Labute approximate surface area is 121 Å². The number of oxazole rings is 1. The normalized spacial score (nSPS) is 12.7. The summed E-state index contributed by atoms with van der Waals surface area (Å²) in [4.78, 5) is 19.9. The predicted molar refractivity (Wildman–Crippen MR) is 76.5 cm³/mol. The van der Waals surface area contributed by atoms with Crippen LogP contribution in [-0.4, -0.2) is 25.6 Å². The number of aromatic nitrogens is 3. The molecule has 0 aliphatic rings. The number of hydrogen-bond donors (Lipinski definition) is 1. The highest BCUT2D eigenvalue weighted by Crippen LogP contribution is 2.26. The number of carbonyl (C=O) groups is 1. The molecule has 1 aromatic carbocycles. The lowest BCUT2D eigenvalue weighted by Crippen LogP contribution is -2.09. The van der Waals surface area contributed by atoms with Crippen LogP contribution in [0.5, 0.6) is 0 Å². The van der Waals surface area contributed by atoms with Crippen molar-refractivity contribution in [2.75, 3.05) is 0 Å². The third-order valence-corrected chi connectivity index (χ3v) is 3.50. The Morgan fingerprint density at radius 2 is 2.14 bits per heavy atom. The van der Waals surface area contributed by atoms with Gasteiger partial charge < -0.3 is 14.1 Å². The van der Waals surface area contributed by atoms with E-state index in [2.05, 4.69) is 9.97 Å². The monoisotopic (exact) mass is 285 g/mol. The summed E-state index contributed by atoms with van der Waals surface area (Å²) < 4.78 is 7.51. The van der Waals surface area contributed by atoms with Gasteiger partial charge in [0, 0.05) is 0 Å². The fourth-order valence-electron chi connectivity index (χ4n) is 2.51. The number of aryl methyl sites for hydroxylation is 2. The first-order valence-electron chi connectivity index (χ1n) is 6.61. The number of hydrogen-bond acceptors (Lipinski definition) is 4. The molecular weight excluding hydrogens is 270 g/mol. The SMILES string of the molecule is Cc1cnc(C(C)n2c(C)nc3ccc(C(=O)O)cc32)o1. The topological polar surface area (TPSA) is 81.2 Å². The molecular formula is C15H15N3O3. The number of imidazole rings is 1. The second-order valence-corrected chi connectivity index (χ2v) is 5.02. The molecule has 2 heterocycles. The van der Waals surface area contributed by atoms with E-state index in [4.69, 9.17) is 9.52 Å². The first-order chi connectivity index (χ1) is 9.97. The zero-order chi connectivity index (χ0) is 15.1. The van der Waals surface area contributed by atoms with Crippen molar-refractivity contribution >= 4 is 17.0 Å². The van der Waals surface area contributed by atoms with Gasteiger partial charge in [0.25, 0.3) is 0 Å². The van der Waals surface area contributed by atoms with Crippen LogP contribution in [0.3, 0.4) is 0 Å². The summed E-state index contributed by atoms with van der Waals surface area (Å²) in [6, 6.07) is 4.74. The maximum absolute atomic E-state index is 11.1. The molecule has 0 aliphatic heterocycles. The fraction of sp³-hybridized carbons (Fsp3) is 0.267. The molecule has 0 fully saturated rings. The van der Waals surface area contributed by atoms with Crippen LogP contribution in [0.25, 0.3) is 11.0 Å². The first kappa shape index (κ1) is 13.4. The summed E-state index contributed by atoms with van der Waals surface area (Å²) in [7, 11) is 0. The van der Waals surface area contributed by atoms with Crippen LogP contribution < -0.4 is 0 Å². The van der Waals surface area contributed by atoms with Crippen molar-refractivity contribution in [2.24, 2.45) is 0 Å². The first-order valence-corrected chi connectivity index (χ1v) is 6.61. The van der Waals surface area contributed by atoms with Gasteiger partial charge in [-0.15, -0.1) is 0 Å². The van der Waals surface area contributed by atoms with Crippen LogP contribution in [0.2, 0.25) is 0 Å². The smallest absolute Gasteiger partial charge is 0.335 e. The number of aromatic carboxylic acids is 1. The zero-order valence-electron chi connectivity index (χ0n) is 12.0. The third-order valence-electron chi connectivity index (χ3n) is 3.50. The van der Waals surface area contributed by atoms with Crippen LogP contribution >= 0.6 is 0 Å². The molecule has 6 nitrogen and oxygen atoms in total. The summed E-state index contributed by atoms with van der Waals surface area (Å²) in [5.41, 5.74) is 1.75. The van der Waals surface area contributed by atoms with Crippen molar-refractivity contribution in [1.29, 1.82) is 0 Å². The molecule has 1 atom stereocenters. The van der Waals surface area contributed by atoms with Gasteiger partial charge in [0.1, 0.15) is 17.6 Å². The third kappa shape index (κ3) is 2.18. The molecule has 0 radical (unpaired) electrons. The van der Waals surface area contributed by atoms with Gasteiger partial charge in [0.15, 0.2) is 0 Å². The van der Waals surface area contributed by atoms with Crippen molar-refractivity contribution in [2.45, 2.75) is 26.8 Å². The van der Waals surface area contributed by atoms with Crippen LogP contribution in [0.4, 0.5) is 0 Å². The number of fused-ring (bicyclic) bond motifs is 1. The molecule has 0 amide bonds. The van der Waals surface area contributed by atoms with Gasteiger partial charge >= 0.3 is 5.97 Å². The molecule has 3 aromatic rings. The highest BCUT2D eigenvalue weighted by molar-refractivity contribution is 5.92. The van der Waals surface area contributed by atoms with Crippen molar-refractivity contribution < 1.29 is 14.3 Å². The van der Waals surface area contributed by atoms with Crippen LogP contribution in [0, 0.1) is 13.8 Å². The molecule has 2 aromatic heterocycles. The Balaban J connectivity index is 2.18. The van der Waals surface area contributed by atoms with Crippen molar-refractivity contribution in [3.63, 3.8) is 0 Å². The minimum absolute atomic E-state index is 0.159. The lowest BCUT2D eigenvalue weighted by Gasteiger charge is -2.13. The number of rotatable bonds is 3. The molecule has 0 saturated heterocycles. The van der Waals surface area contributed by atoms with Gasteiger partial charge in [0.2, 0.25) is 5.89 Å². The highest BCUT2D eigenvalue weighted by Gasteiger charge is 2.19. The standard InChI is InChI=1S/C15H15N3O3/c1-8-7-16-14(21-8)9(2)18-10(3)17-12-5-4-11(15(19)20)6-13(12)18/h4-7,9H,1-3H3,(H,19,20). The van der Waals surface area contributed by atoms with Crippen LogP contribution in [0.1, 0.15) is 40.8 Å². The van der Waals surface area contributed by atoms with E-state index in [1.807, 2.05) is 25.3 Å². The predicted octanol–water partition coefficient (Wildman–Crippen LogP) is 2.95. The second-order valence-electron chi connectivity index (χ2n) is 5.02. The quantitative estimate of drug-likeness (QED) is 0.800. The average Bonchev–Trinajstić information content (AvgIpc) is 3.00. The van der Waals surface area contributed by atoms with Gasteiger partial charge in [0.05, 0.1) is 22.8 Å². The Bertz CT molecular complexity index is 832. The van der Waals surface area contributed by atoms with E-state index >= 15 is 0 Å². The Morgan fingerprint density at radius 1 is 1.38 bits per heavy atom. The van der Waals surface area contributed by atoms with Crippen molar-refractivity contribution in [1.82, 2.24) is 14.5 Å². The molecule has 1 unspecified atom stereocenters. The molecule has 21 heavy (non-hydrogen) atoms. The molecule has 3 rings (SSSR count). The van der Waals surface area contributed by atoms with E-state index in [9.17, 15) is 4.79 Å².